The molecule has 0 spiro atoms. The second-order valence-corrected chi connectivity index (χ2v) is 9.12. The molecule has 0 unspecified atom stereocenters. The van der Waals surface area contributed by atoms with Gasteiger partial charge in [-0.05, 0) is 60.0 Å². The van der Waals surface area contributed by atoms with Crippen LogP contribution >= 0.6 is 11.3 Å². The van der Waals surface area contributed by atoms with E-state index < -0.39 is 28.0 Å². The number of hydrogen-bond donors (Lipinski definition) is 1. The van der Waals surface area contributed by atoms with E-state index in [2.05, 4.69) is 10.1 Å². The lowest BCUT2D eigenvalue weighted by Crippen LogP contribution is -2.25. The van der Waals surface area contributed by atoms with Crippen LogP contribution in [0.3, 0.4) is 0 Å². The molecule has 30 heavy (non-hydrogen) atoms. The van der Waals surface area contributed by atoms with Gasteiger partial charge in [0.05, 0.1) is 5.69 Å². The molecule has 0 aliphatic rings. The van der Waals surface area contributed by atoms with Gasteiger partial charge < -0.3 is 10.1 Å². The van der Waals surface area contributed by atoms with Gasteiger partial charge in [0.25, 0.3) is 15.9 Å². The Kier molecular flexibility index (Phi) is 6.04. The van der Waals surface area contributed by atoms with E-state index in [0.717, 1.165) is 27.8 Å². The van der Waals surface area contributed by atoms with Crippen LogP contribution in [0, 0.1) is 0 Å². The van der Waals surface area contributed by atoms with E-state index >= 15 is 0 Å². The number of carbonyl (C=O) groups excluding carboxylic acids is 1. The first kappa shape index (κ1) is 21.7. The number of nitrogens with zero attached hydrogens (tertiary/aromatic N) is 1. The highest BCUT2D eigenvalue weighted by atomic mass is 32.2. The van der Waals surface area contributed by atoms with Crippen molar-refractivity contribution in [1.82, 2.24) is 0 Å². The van der Waals surface area contributed by atoms with E-state index in [0.29, 0.717) is 5.69 Å². The molecule has 0 saturated carbocycles. The molecule has 0 radical (unpaired) electrons. The SMILES string of the molecule is CN(c1ccc(C(=O)Nc2ccc(OC(F)(F)F)cc2)cc1)S(=O)(=O)c1cccs1. The third-order valence-corrected chi connectivity index (χ3v) is 7.11. The summed E-state index contributed by atoms with van der Waals surface area (Å²) in [7, 11) is -2.28. The van der Waals surface area contributed by atoms with Gasteiger partial charge in [0.15, 0.2) is 0 Å². The van der Waals surface area contributed by atoms with Crippen molar-refractivity contribution in [2.24, 2.45) is 0 Å². The second kappa shape index (κ2) is 8.36. The van der Waals surface area contributed by atoms with Crippen LogP contribution in [0.15, 0.2) is 70.3 Å². The van der Waals surface area contributed by atoms with Gasteiger partial charge in [-0.1, -0.05) is 6.07 Å². The van der Waals surface area contributed by atoms with Gasteiger partial charge in [0.2, 0.25) is 0 Å². The first-order valence-corrected chi connectivity index (χ1v) is 10.7. The van der Waals surface area contributed by atoms with Gasteiger partial charge >= 0.3 is 6.36 Å². The summed E-state index contributed by atoms with van der Waals surface area (Å²) in [4.78, 5) is 12.3. The number of nitrogens with one attached hydrogen (secondary N) is 1. The van der Waals surface area contributed by atoms with Gasteiger partial charge in [0, 0.05) is 18.3 Å². The number of benzene rings is 2. The Balaban J connectivity index is 1.68. The molecule has 3 rings (SSSR count). The zero-order valence-corrected chi connectivity index (χ0v) is 17.0. The Morgan fingerprint density at radius 1 is 1.03 bits per heavy atom. The maximum absolute atomic E-state index is 12.5. The number of rotatable bonds is 6. The topological polar surface area (TPSA) is 75.7 Å². The summed E-state index contributed by atoms with van der Waals surface area (Å²) in [5.41, 5.74) is 0.890. The van der Waals surface area contributed by atoms with Crippen LogP contribution in [0.5, 0.6) is 5.75 Å². The molecule has 0 atom stereocenters. The predicted octanol–water partition coefficient (Wildman–Crippen LogP) is 4.72. The third-order valence-electron chi connectivity index (χ3n) is 3.95. The fourth-order valence-corrected chi connectivity index (χ4v) is 4.81. The van der Waals surface area contributed by atoms with Crippen LogP contribution in [-0.4, -0.2) is 27.7 Å². The van der Waals surface area contributed by atoms with Crippen LogP contribution in [0.1, 0.15) is 10.4 Å². The molecule has 2 aromatic carbocycles. The molecule has 0 saturated heterocycles. The summed E-state index contributed by atoms with van der Waals surface area (Å²) in [5, 5.41) is 4.21. The molecule has 1 aromatic heterocycles. The zero-order valence-electron chi connectivity index (χ0n) is 15.4. The van der Waals surface area contributed by atoms with Crippen LogP contribution in [0.25, 0.3) is 0 Å². The molecule has 0 fully saturated rings. The fraction of sp³-hybridized carbons (Fsp3) is 0.105. The Morgan fingerprint density at radius 3 is 2.20 bits per heavy atom. The second-order valence-electron chi connectivity index (χ2n) is 5.98. The number of sulfonamides is 1. The zero-order chi connectivity index (χ0) is 21.9. The minimum absolute atomic E-state index is 0.199. The lowest BCUT2D eigenvalue weighted by molar-refractivity contribution is -0.274. The number of thiophene rings is 1. The molecule has 0 bridgehead atoms. The maximum atomic E-state index is 12.5. The van der Waals surface area contributed by atoms with Crippen LogP contribution in [0.2, 0.25) is 0 Å². The monoisotopic (exact) mass is 456 g/mol. The first-order chi connectivity index (χ1) is 14.1. The summed E-state index contributed by atoms with van der Waals surface area (Å²) in [6, 6.07) is 13.7. The Labute approximate surface area is 174 Å². The molecule has 11 heteroatoms. The van der Waals surface area contributed by atoms with Crippen LogP contribution < -0.4 is 14.4 Å². The lowest BCUT2D eigenvalue weighted by Gasteiger charge is -2.18. The quantitative estimate of drug-likeness (QED) is 0.582. The van der Waals surface area contributed by atoms with E-state index in [-0.39, 0.29) is 15.5 Å². The van der Waals surface area contributed by atoms with Crippen molar-refractivity contribution in [3.63, 3.8) is 0 Å². The minimum atomic E-state index is -4.79. The van der Waals surface area contributed by atoms with Crippen molar-refractivity contribution in [1.29, 1.82) is 0 Å². The molecule has 1 amide bonds. The van der Waals surface area contributed by atoms with Gasteiger partial charge in [-0.3, -0.25) is 9.10 Å². The van der Waals surface area contributed by atoms with Gasteiger partial charge in [-0.15, -0.1) is 24.5 Å². The third kappa shape index (κ3) is 5.10. The average molecular weight is 456 g/mol. The number of anilines is 2. The Hall–Kier alpha value is -3.05. The van der Waals surface area contributed by atoms with E-state index in [4.69, 9.17) is 0 Å². The predicted molar refractivity (Wildman–Crippen MR) is 107 cm³/mol. The summed E-state index contributed by atoms with van der Waals surface area (Å²) in [5.74, 6) is -0.908. The molecule has 6 nitrogen and oxygen atoms in total. The normalized spacial score (nSPS) is 11.7. The van der Waals surface area contributed by atoms with Crippen molar-refractivity contribution in [3.8, 4) is 5.75 Å². The molecule has 1 N–H and O–H groups in total. The highest BCUT2D eigenvalue weighted by molar-refractivity contribution is 7.94. The first-order valence-electron chi connectivity index (χ1n) is 8.36. The molecule has 158 valence electrons. The minimum Gasteiger partial charge on any atom is -0.406 e. The van der Waals surface area contributed by atoms with Crippen molar-refractivity contribution < 1.29 is 31.1 Å². The van der Waals surface area contributed by atoms with E-state index in [1.165, 1.54) is 49.5 Å². The van der Waals surface area contributed by atoms with E-state index in [9.17, 15) is 26.4 Å². The molecule has 0 aliphatic heterocycles. The maximum Gasteiger partial charge on any atom is 0.573 e. The Morgan fingerprint density at radius 2 is 1.67 bits per heavy atom. The van der Waals surface area contributed by atoms with Gasteiger partial charge in [0.1, 0.15) is 9.96 Å². The molecular formula is C19H15F3N2O4S2. The summed E-state index contributed by atoms with van der Waals surface area (Å²) < 4.78 is 66.7. The number of amides is 1. The Bertz CT molecular complexity index is 1110. The van der Waals surface area contributed by atoms with E-state index in [1.807, 2.05) is 0 Å². The number of alkyl halides is 3. The van der Waals surface area contributed by atoms with Crippen molar-refractivity contribution >= 4 is 38.6 Å². The average Bonchev–Trinajstić information content (AvgIpc) is 3.23. The highest BCUT2D eigenvalue weighted by Crippen LogP contribution is 2.26. The van der Waals surface area contributed by atoms with Crippen LogP contribution in [0.4, 0.5) is 24.5 Å². The van der Waals surface area contributed by atoms with Crippen molar-refractivity contribution in [3.05, 3.63) is 71.6 Å². The van der Waals surface area contributed by atoms with Gasteiger partial charge in [-0.25, -0.2) is 8.42 Å². The molecule has 1 heterocycles. The largest absolute Gasteiger partial charge is 0.573 e. The molecule has 0 aliphatic carbocycles. The number of hydrogen-bond acceptors (Lipinski definition) is 5. The lowest BCUT2D eigenvalue weighted by atomic mass is 10.2. The molecular weight excluding hydrogens is 441 g/mol. The number of ether oxygens (including phenoxy) is 1. The van der Waals surface area contributed by atoms with Gasteiger partial charge in [-0.2, -0.15) is 0 Å². The van der Waals surface area contributed by atoms with E-state index in [1.54, 1.807) is 11.4 Å². The number of carbonyl (C=O) groups is 1. The summed E-state index contributed by atoms with van der Waals surface area (Å²) in [6.45, 7) is 0. The fourth-order valence-electron chi connectivity index (χ4n) is 2.45. The van der Waals surface area contributed by atoms with Crippen molar-refractivity contribution in [2.75, 3.05) is 16.7 Å². The number of halogens is 3. The summed E-state index contributed by atoms with van der Waals surface area (Å²) >= 11 is 1.10. The highest BCUT2D eigenvalue weighted by Gasteiger charge is 2.31. The van der Waals surface area contributed by atoms with Crippen molar-refractivity contribution in [2.45, 2.75) is 10.6 Å². The summed E-state index contributed by atoms with van der Waals surface area (Å²) in [6.07, 6.45) is -4.79. The van der Waals surface area contributed by atoms with Crippen LogP contribution in [-0.2, 0) is 10.0 Å². The standard InChI is InChI=1S/C19H15F3N2O4S2/c1-24(30(26,27)17-3-2-12-29-17)15-8-4-13(5-9-15)18(25)23-14-6-10-16(11-7-14)28-19(20,21)22/h2-12H,1H3,(H,23,25). The molecule has 3 aromatic rings. The smallest absolute Gasteiger partial charge is 0.406 e.